The zero-order valence-electron chi connectivity index (χ0n) is 13.3. The van der Waals surface area contributed by atoms with Crippen molar-refractivity contribution in [1.29, 1.82) is 0 Å². The van der Waals surface area contributed by atoms with Crippen LogP contribution in [0.4, 0.5) is 10.2 Å². The molecule has 7 nitrogen and oxygen atoms in total. The van der Waals surface area contributed by atoms with Gasteiger partial charge in [0.2, 0.25) is 0 Å². The van der Waals surface area contributed by atoms with Crippen molar-refractivity contribution in [2.45, 2.75) is 18.5 Å². The third-order valence-electron chi connectivity index (χ3n) is 4.97. The van der Waals surface area contributed by atoms with Crippen LogP contribution >= 0.6 is 0 Å². The van der Waals surface area contributed by atoms with Crippen LogP contribution < -0.4 is 4.90 Å². The Hall–Kier alpha value is -3.03. The van der Waals surface area contributed by atoms with Crippen molar-refractivity contribution in [2.24, 2.45) is 0 Å². The van der Waals surface area contributed by atoms with Gasteiger partial charge in [-0.25, -0.2) is 4.39 Å². The summed E-state index contributed by atoms with van der Waals surface area (Å²) in [6, 6.07) is 9.96. The van der Waals surface area contributed by atoms with Crippen molar-refractivity contribution in [1.82, 2.24) is 24.7 Å². The highest BCUT2D eigenvalue weighted by atomic mass is 19.1. The predicted octanol–water partition coefficient (Wildman–Crippen LogP) is 1.37. The zero-order chi connectivity index (χ0) is 17.0. The molecule has 1 amide bonds. The van der Waals surface area contributed by atoms with Crippen LogP contribution in [-0.4, -0.2) is 55.8 Å². The Kier molecular flexibility index (Phi) is 3.00. The van der Waals surface area contributed by atoms with Crippen LogP contribution in [0.15, 0.2) is 42.7 Å². The molecule has 2 atom stereocenters. The molecule has 0 saturated carbocycles. The Labute approximate surface area is 142 Å². The van der Waals surface area contributed by atoms with Crippen molar-refractivity contribution >= 4 is 17.4 Å². The monoisotopic (exact) mass is 338 g/mol. The second kappa shape index (κ2) is 5.23. The summed E-state index contributed by atoms with van der Waals surface area (Å²) >= 11 is 0. The minimum atomic E-state index is -0.385. The lowest BCUT2D eigenvalue weighted by atomic mass is 9.86. The first-order valence-electron chi connectivity index (χ1n) is 8.19. The molecule has 3 aliphatic rings. The number of hydrogen-bond donors (Lipinski definition) is 0. The molecule has 6 rings (SSSR count). The second-order valence-electron chi connectivity index (χ2n) is 6.50. The first kappa shape index (κ1) is 14.3. The second-order valence-corrected chi connectivity index (χ2v) is 6.50. The van der Waals surface area contributed by atoms with Crippen molar-refractivity contribution in [2.75, 3.05) is 18.0 Å². The van der Waals surface area contributed by atoms with Crippen molar-refractivity contribution < 1.29 is 9.18 Å². The number of amides is 1. The number of piperidine rings is 1. The molecular formula is C17H15FN6O. The maximum atomic E-state index is 13.4. The van der Waals surface area contributed by atoms with Crippen molar-refractivity contribution in [3.8, 4) is 0 Å². The average Bonchev–Trinajstić information content (AvgIpc) is 3.09. The fraction of sp³-hybridized carbons (Fsp3) is 0.294. The molecule has 0 spiro atoms. The van der Waals surface area contributed by atoms with Crippen molar-refractivity contribution in [3.63, 3.8) is 0 Å². The number of anilines is 1. The topological polar surface area (TPSA) is 66.6 Å². The predicted molar refractivity (Wildman–Crippen MR) is 87.8 cm³/mol. The fourth-order valence-electron chi connectivity index (χ4n) is 3.79. The van der Waals surface area contributed by atoms with Gasteiger partial charge in [-0.3, -0.25) is 4.79 Å². The summed E-state index contributed by atoms with van der Waals surface area (Å²) in [5, 5.41) is 12.3. The van der Waals surface area contributed by atoms with E-state index in [1.165, 1.54) is 12.1 Å². The van der Waals surface area contributed by atoms with Crippen LogP contribution in [0, 0.1) is 5.82 Å². The smallest absolute Gasteiger partial charge is 0.254 e. The van der Waals surface area contributed by atoms with E-state index in [-0.39, 0.29) is 23.8 Å². The van der Waals surface area contributed by atoms with Crippen LogP contribution in [0.25, 0.3) is 5.65 Å². The van der Waals surface area contributed by atoms with E-state index in [2.05, 4.69) is 20.2 Å². The molecule has 2 unspecified atom stereocenters. The molecule has 3 aliphatic heterocycles. The number of rotatable bonds is 2. The highest BCUT2D eigenvalue weighted by molar-refractivity contribution is 5.95. The SMILES string of the molecule is O=C(c1cccc(F)c1)N1C2CC1CN(c1ccc3nncn3n1)C2. The molecule has 3 saturated heterocycles. The van der Waals surface area contributed by atoms with E-state index in [0.29, 0.717) is 11.2 Å². The van der Waals surface area contributed by atoms with E-state index < -0.39 is 0 Å². The Morgan fingerprint density at radius 1 is 1.16 bits per heavy atom. The molecule has 8 heteroatoms. The van der Waals surface area contributed by atoms with E-state index in [9.17, 15) is 9.18 Å². The van der Waals surface area contributed by atoms with Crippen LogP contribution in [-0.2, 0) is 0 Å². The molecule has 2 aromatic heterocycles. The van der Waals surface area contributed by atoms with Gasteiger partial charge < -0.3 is 9.80 Å². The summed E-state index contributed by atoms with van der Waals surface area (Å²) < 4.78 is 15.0. The van der Waals surface area contributed by atoms with Crippen molar-refractivity contribution in [3.05, 3.63) is 54.1 Å². The number of carbonyl (C=O) groups is 1. The van der Waals surface area contributed by atoms with E-state index >= 15 is 0 Å². The largest absolute Gasteiger partial charge is 0.351 e. The van der Waals surface area contributed by atoms with Crippen LogP contribution in [0.1, 0.15) is 16.8 Å². The van der Waals surface area contributed by atoms with Gasteiger partial charge >= 0.3 is 0 Å². The van der Waals surface area contributed by atoms with E-state index in [0.717, 1.165) is 25.3 Å². The van der Waals surface area contributed by atoms with E-state index in [1.807, 2.05) is 17.0 Å². The maximum absolute atomic E-state index is 13.4. The Bertz CT molecular complexity index is 960. The molecule has 25 heavy (non-hydrogen) atoms. The molecule has 3 aromatic rings. The molecule has 0 N–H and O–H groups in total. The molecule has 3 fully saturated rings. The number of fused-ring (bicyclic) bond motifs is 3. The van der Waals surface area contributed by atoms with Gasteiger partial charge in [0, 0.05) is 18.7 Å². The van der Waals surface area contributed by atoms with Gasteiger partial charge in [0.05, 0.1) is 12.1 Å². The first-order valence-corrected chi connectivity index (χ1v) is 8.19. The maximum Gasteiger partial charge on any atom is 0.254 e. The minimum absolute atomic E-state index is 0.0948. The summed E-state index contributed by atoms with van der Waals surface area (Å²) in [7, 11) is 0. The van der Waals surface area contributed by atoms with Gasteiger partial charge in [-0.1, -0.05) is 6.07 Å². The first-order chi connectivity index (χ1) is 12.2. The zero-order valence-corrected chi connectivity index (χ0v) is 13.3. The molecule has 5 heterocycles. The van der Waals surface area contributed by atoms with Gasteiger partial charge in [0.15, 0.2) is 5.65 Å². The third-order valence-corrected chi connectivity index (χ3v) is 4.97. The third kappa shape index (κ3) is 2.25. The van der Waals surface area contributed by atoms with Gasteiger partial charge in [-0.2, -0.15) is 4.52 Å². The summed E-state index contributed by atoms with van der Waals surface area (Å²) in [6.07, 6.45) is 2.55. The molecule has 0 radical (unpaired) electrons. The quantitative estimate of drug-likeness (QED) is 0.706. The van der Waals surface area contributed by atoms with Crippen LogP contribution in [0.2, 0.25) is 0 Å². The lowest BCUT2D eigenvalue weighted by molar-refractivity contribution is 0.00569. The normalized spacial score (nSPS) is 22.1. The molecule has 0 aliphatic carbocycles. The van der Waals surface area contributed by atoms with Gasteiger partial charge in [0.1, 0.15) is 18.0 Å². The Balaban J connectivity index is 1.35. The lowest BCUT2D eigenvalue weighted by Gasteiger charge is -2.56. The molecule has 2 bridgehead atoms. The summed E-state index contributed by atoms with van der Waals surface area (Å²) in [4.78, 5) is 16.7. The van der Waals surface area contributed by atoms with Gasteiger partial charge in [0.25, 0.3) is 5.91 Å². The number of aromatic nitrogens is 4. The summed E-state index contributed by atoms with van der Waals surface area (Å²) in [6.45, 7) is 1.44. The number of piperazine rings is 1. The number of nitrogens with zero attached hydrogens (tertiary/aromatic N) is 6. The number of halogens is 1. The fourth-order valence-corrected chi connectivity index (χ4v) is 3.79. The average molecular weight is 338 g/mol. The van der Waals surface area contributed by atoms with Gasteiger partial charge in [-0.15, -0.1) is 15.3 Å². The Morgan fingerprint density at radius 2 is 2.00 bits per heavy atom. The minimum Gasteiger partial charge on any atom is -0.351 e. The number of carbonyl (C=O) groups excluding carboxylic acids is 1. The summed E-state index contributed by atoms with van der Waals surface area (Å²) in [5.74, 6) is 0.368. The number of benzene rings is 1. The van der Waals surface area contributed by atoms with Crippen LogP contribution in [0.3, 0.4) is 0 Å². The highest BCUT2D eigenvalue weighted by Gasteiger charge is 2.47. The molecular weight excluding hydrogens is 323 g/mol. The summed E-state index contributed by atoms with van der Waals surface area (Å²) in [5.41, 5.74) is 1.11. The van der Waals surface area contributed by atoms with Crippen LogP contribution in [0.5, 0.6) is 0 Å². The standard InChI is InChI=1S/C17H15FN6O/c18-12-3-1-2-11(6-12)17(25)24-13-7-14(24)9-22(8-13)16-5-4-15-20-19-10-23(15)21-16/h1-6,10,13-14H,7-9H2. The molecule has 126 valence electrons. The molecule has 1 aromatic carbocycles. The lowest BCUT2D eigenvalue weighted by Crippen LogP contribution is -2.70. The van der Waals surface area contributed by atoms with E-state index in [1.54, 1.807) is 23.0 Å². The van der Waals surface area contributed by atoms with Gasteiger partial charge in [-0.05, 0) is 36.8 Å². The Morgan fingerprint density at radius 3 is 2.80 bits per heavy atom. The van der Waals surface area contributed by atoms with E-state index in [4.69, 9.17) is 0 Å². The number of hydrogen-bond acceptors (Lipinski definition) is 5. The highest BCUT2D eigenvalue weighted by Crippen LogP contribution is 2.35.